The molecule has 0 heterocycles. The first kappa shape index (κ1) is 16.6. The number of carbonyl (C=O) groups is 1. The van der Waals surface area contributed by atoms with E-state index >= 15 is 0 Å². The second-order valence-corrected chi connectivity index (χ2v) is 5.36. The Morgan fingerprint density at radius 1 is 1.25 bits per heavy atom. The average molecular weight is 292 g/mol. The van der Waals surface area contributed by atoms with Crippen molar-refractivity contribution in [2.24, 2.45) is 11.7 Å². The van der Waals surface area contributed by atoms with Gasteiger partial charge in [0.2, 0.25) is 5.91 Å². The maximum atomic E-state index is 12.4. The van der Waals surface area contributed by atoms with Crippen LogP contribution in [0.4, 0.5) is 5.69 Å². The van der Waals surface area contributed by atoms with Crippen molar-refractivity contribution >= 4 is 28.8 Å². The monoisotopic (exact) mass is 292 g/mol. The van der Waals surface area contributed by atoms with Gasteiger partial charge in [0, 0.05) is 5.69 Å². The fraction of sp³-hybridized carbons (Fsp3) is 0.500. The molecule has 4 heteroatoms. The van der Waals surface area contributed by atoms with E-state index in [9.17, 15) is 4.79 Å². The third kappa shape index (κ3) is 4.04. The maximum Gasteiger partial charge on any atom is 0.234 e. The zero-order valence-corrected chi connectivity index (χ0v) is 13.3. The number of rotatable bonds is 7. The second-order valence-electron chi connectivity index (χ2n) is 4.89. The molecule has 3 nitrogen and oxygen atoms in total. The number of nitrogens with two attached hydrogens (primary N) is 1. The van der Waals surface area contributed by atoms with Crippen LogP contribution in [0.15, 0.2) is 18.2 Å². The largest absolute Gasteiger partial charge is 0.393 e. The molecule has 20 heavy (non-hydrogen) atoms. The van der Waals surface area contributed by atoms with Gasteiger partial charge in [-0.2, -0.15) is 0 Å². The van der Waals surface area contributed by atoms with Crippen LogP contribution in [0.2, 0.25) is 0 Å². The number of nitrogens with one attached hydrogen (secondary N) is 1. The van der Waals surface area contributed by atoms with Crippen molar-refractivity contribution in [3.05, 3.63) is 29.3 Å². The summed E-state index contributed by atoms with van der Waals surface area (Å²) in [6.07, 6.45) is 3.34. The summed E-state index contributed by atoms with van der Waals surface area (Å²) in [6.45, 7) is 6.19. The Morgan fingerprint density at radius 2 is 1.80 bits per heavy atom. The van der Waals surface area contributed by atoms with Gasteiger partial charge in [-0.25, -0.2) is 0 Å². The molecule has 0 aliphatic rings. The molecule has 1 amide bonds. The number of anilines is 1. The highest BCUT2D eigenvalue weighted by Gasteiger charge is 2.21. The summed E-state index contributed by atoms with van der Waals surface area (Å²) in [4.78, 5) is 12.7. The van der Waals surface area contributed by atoms with Crippen molar-refractivity contribution < 1.29 is 4.79 Å². The van der Waals surface area contributed by atoms with E-state index in [0.717, 1.165) is 36.1 Å². The molecular weight excluding hydrogens is 268 g/mol. The van der Waals surface area contributed by atoms with Gasteiger partial charge in [0.15, 0.2) is 0 Å². The molecule has 0 aromatic heterocycles. The molecule has 1 aromatic rings. The quantitative estimate of drug-likeness (QED) is 0.757. The number of aryl methyl sites for hydroxylation is 2. The van der Waals surface area contributed by atoms with Crippen LogP contribution < -0.4 is 11.1 Å². The zero-order chi connectivity index (χ0) is 15.1. The molecule has 110 valence electrons. The summed E-state index contributed by atoms with van der Waals surface area (Å²) in [5, 5.41) is 3.04. The van der Waals surface area contributed by atoms with Crippen LogP contribution >= 0.6 is 12.2 Å². The first-order valence-electron chi connectivity index (χ1n) is 7.25. The average Bonchev–Trinajstić information content (AvgIpc) is 2.44. The molecule has 1 unspecified atom stereocenters. The Hall–Kier alpha value is -1.42. The minimum Gasteiger partial charge on any atom is -0.393 e. The van der Waals surface area contributed by atoms with E-state index in [1.54, 1.807) is 0 Å². The van der Waals surface area contributed by atoms with Gasteiger partial charge in [-0.15, -0.1) is 0 Å². The molecule has 3 N–H and O–H groups in total. The number of hydrogen-bond acceptors (Lipinski definition) is 2. The van der Waals surface area contributed by atoms with E-state index in [2.05, 4.69) is 19.2 Å². The van der Waals surface area contributed by atoms with Gasteiger partial charge in [0.1, 0.15) is 0 Å². The Balaban J connectivity index is 3.02. The van der Waals surface area contributed by atoms with Crippen molar-refractivity contribution in [1.29, 1.82) is 0 Å². The first-order valence-corrected chi connectivity index (χ1v) is 7.66. The van der Waals surface area contributed by atoms with Crippen LogP contribution in [0, 0.1) is 5.92 Å². The van der Waals surface area contributed by atoms with Gasteiger partial charge in [0.05, 0.1) is 10.9 Å². The summed E-state index contributed by atoms with van der Waals surface area (Å²) < 4.78 is 0. The van der Waals surface area contributed by atoms with Gasteiger partial charge in [-0.05, 0) is 30.4 Å². The van der Waals surface area contributed by atoms with Gasteiger partial charge < -0.3 is 11.1 Å². The summed E-state index contributed by atoms with van der Waals surface area (Å²) >= 11 is 5.01. The van der Waals surface area contributed by atoms with E-state index < -0.39 is 0 Å². The molecule has 0 spiro atoms. The zero-order valence-electron chi connectivity index (χ0n) is 12.5. The molecule has 0 saturated heterocycles. The lowest BCUT2D eigenvalue weighted by molar-refractivity contribution is -0.118. The summed E-state index contributed by atoms with van der Waals surface area (Å²) in [5.74, 6) is -0.473. The van der Waals surface area contributed by atoms with Crippen LogP contribution in [-0.4, -0.2) is 10.9 Å². The molecule has 0 saturated carbocycles. The summed E-state index contributed by atoms with van der Waals surface area (Å²) in [5.41, 5.74) is 8.92. The van der Waals surface area contributed by atoms with E-state index in [-0.39, 0.29) is 16.8 Å². The normalized spacial score (nSPS) is 11.9. The number of thiocarbonyl (C=S) groups is 1. The minimum absolute atomic E-state index is 0.0880. The number of carbonyl (C=O) groups excluding carboxylic acids is 1. The van der Waals surface area contributed by atoms with Crippen LogP contribution in [0.1, 0.15) is 44.7 Å². The molecular formula is C16H24N2OS. The third-order valence-electron chi connectivity index (χ3n) is 3.48. The molecule has 1 atom stereocenters. The van der Waals surface area contributed by atoms with Crippen molar-refractivity contribution in [3.8, 4) is 0 Å². The molecule has 0 fully saturated rings. The summed E-state index contributed by atoms with van der Waals surface area (Å²) in [6, 6.07) is 6.12. The highest BCUT2D eigenvalue weighted by molar-refractivity contribution is 7.80. The maximum absolute atomic E-state index is 12.4. The lowest BCUT2D eigenvalue weighted by atomic mass is 10.00. The number of benzene rings is 1. The first-order chi connectivity index (χ1) is 9.54. The van der Waals surface area contributed by atoms with Crippen LogP contribution in [0.25, 0.3) is 0 Å². The number of para-hydroxylation sites is 1. The smallest absolute Gasteiger partial charge is 0.234 e. The number of hydrogen-bond donors (Lipinski definition) is 2. The predicted molar refractivity (Wildman–Crippen MR) is 89.0 cm³/mol. The standard InChI is InChI=1S/C16H24N2OS/c1-4-8-13(15(17)20)16(19)18-14-11(5-2)9-7-10-12(14)6-3/h7,9-10,13H,4-6,8H2,1-3H3,(H2,17,20)(H,18,19). The lowest BCUT2D eigenvalue weighted by Crippen LogP contribution is -2.33. The molecule has 0 aliphatic carbocycles. The van der Waals surface area contributed by atoms with E-state index in [1.165, 1.54) is 0 Å². The van der Waals surface area contributed by atoms with Crippen molar-refractivity contribution in [1.82, 2.24) is 0 Å². The number of amides is 1. The van der Waals surface area contributed by atoms with E-state index in [0.29, 0.717) is 6.42 Å². The highest BCUT2D eigenvalue weighted by Crippen LogP contribution is 2.23. The van der Waals surface area contributed by atoms with E-state index in [1.807, 2.05) is 25.1 Å². The lowest BCUT2D eigenvalue weighted by Gasteiger charge is -2.18. The van der Waals surface area contributed by atoms with Crippen LogP contribution in [0.3, 0.4) is 0 Å². The van der Waals surface area contributed by atoms with Crippen molar-refractivity contribution in [2.45, 2.75) is 46.5 Å². The SMILES string of the molecule is CCCC(C(=O)Nc1c(CC)cccc1CC)C(N)=S. The molecule has 1 aromatic carbocycles. The molecule has 0 aliphatic heterocycles. The second kappa shape index (κ2) is 8.00. The Bertz CT molecular complexity index is 463. The van der Waals surface area contributed by atoms with Crippen molar-refractivity contribution in [2.75, 3.05) is 5.32 Å². The van der Waals surface area contributed by atoms with Gasteiger partial charge >= 0.3 is 0 Å². The van der Waals surface area contributed by atoms with Crippen LogP contribution in [-0.2, 0) is 17.6 Å². The summed E-state index contributed by atoms with van der Waals surface area (Å²) in [7, 11) is 0. The topological polar surface area (TPSA) is 55.1 Å². The minimum atomic E-state index is -0.385. The van der Waals surface area contributed by atoms with Gasteiger partial charge in [0.25, 0.3) is 0 Å². The van der Waals surface area contributed by atoms with Gasteiger partial charge in [-0.1, -0.05) is 57.6 Å². The molecule has 0 bridgehead atoms. The van der Waals surface area contributed by atoms with Crippen LogP contribution in [0.5, 0.6) is 0 Å². The van der Waals surface area contributed by atoms with E-state index in [4.69, 9.17) is 18.0 Å². The fourth-order valence-corrected chi connectivity index (χ4v) is 2.53. The Labute approximate surface area is 126 Å². The molecule has 0 radical (unpaired) electrons. The highest BCUT2D eigenvalue weighted by atomic mass is 32.1. The Kier molecular flexibility index (Phi) is 6.65. The molecule has 1 rings (SSSR count). The fourth-order valence-electron chi connectivity index (χ4n) is 2.30. The predicted octanol–water partition coefficient (Wildman–Crippen LogP) is 3.45. The Morgan fingerprint density at radius 3 is 2.20 bits per heavy atom. The third-order valence-corrected chi connectivity index (χ3v) is 3.77. The van der Waals surface area contributed by atoms with Crippen molar-refractivity contribution in [3.63, 3.8) is 0 Å². The van der Waals surface area contributed by atoms with Gasteiger partial charge in [-0.3, -0.25) is 4.79 Å².